The van der Waals surface area contributed by atoms with Crippen molar-refractivity contribution in [1.82, 2.24) is 5.43 Å². The summed E-state index contributed by atoms with van der Waals surface area (Å²) < 4.78 is 5.99. The molecule has 3 atom stereocenters. The molecule has 1 saturated carbocycles. The second-order valence-corrected chi connectivity index (χ2v) is 5.87. The van der Waals surface area contributed by atoms with Crippen LogP contribution in [0.2, 0.25) is 0 Å². The molecule has 1 aliphatic rings. The number of nitrogens with one attached hydrogen (secondary N) is 1. The van der Waals surface area contributed by atoms with E-state index in [1.807, 2.05) is 18.2 Å². The van der Waals surface area contributed by atoms with Crippen LogP contribution in [0.25, 0.3) is 0 Å². The fraction of sp³-hybridized carbons (Fsp3) is 0.562. The second-order valence-electron chi connectivity index (χ2n) is 5.87. The maximum Gasteiger partial charge on any atom is 0.265 e. The number of hydrogen-bond donors (Lipinski definition) is 2. The highest BCUT2D eigenvalue weighted by Crippen LogP contribution is 2.31. The molecule has 0 aromatic heterocycles. The Morgan fingerprint density at radius 3 is 2.85 bits per heavy atom. The number of carbonyl (C=O) groups excluding carboxylic acids is 1. The Kier molecular flexibility index (Phi) is 5.15. The summed E-state index contributed by atoms with van der Waals surface area (Å²) in [6.45, 7) is 5.17. The number of hydrazine groups is 1. The number of nitrogens with two attached hydrogens (primary N) is 1. The lowest BCUT2D eigenvalue weighted by atomic mass is 9.80. The van der Waals surface area contributed by atoms with Gasteiger partial charge < -0.3 is 4.74 Å². The highest BCUT2D eigenvalue weighted by atomic mass is 16.5. The van der Waals surface area contributed by atoms with Gasteiger partial charge in [-0.2, -0.15) is 0 Å². The minimum Gasteiger partial charge on any atom is -0.374 e. The van der Waals surface area contributed by atoms with Crippen molar-refractivity contribution < 1.29 is 9.53 Å². The predicted octanol–water partition coefficient (Wildman–Crippen LogP) is 2.63. The summed E-state index contributed by atoms with van der Waals surface area (Å²) in [5, 5.41) is 0. The maximum atomic E-state index is 11.5. The molecular formula is C16H24N2O2. The molecule has 1 amide bonds. The van der Waals surface area contributed by atoms with Gasteiger partial charge in [0.2, 0.25) is 0 Å². The maximum absolute atomic E-state index is 11.5. The molecule has 3 N–H and O–H groups in total. The third-order valence-corrected chi connectivity index (χ3v) is 4.36. The van der Waals surface area contributed by atoms with E-state index in [4.69, 9.17) is 10.6 Å². The molecule has 0 bridgehead atoms. The van der Waals surface area contributed by atoms with Crippen LogP contribution in [0.3, 0.4) is 0 Å². The van der Waals surface area contributed by atoms with E-state index < -0.39 is 0 Å². The normalized spacial score (nSPS) is 26.2. The molecule has 110 valence electrons. The van der Waals surface area contributed by atoms with Crippen molar-refractivity contribution in [2.45, 2.75) is 45.8 Å². The molecule has 0 aliphatic heterocycles. The lowest BCUT2D eigenvalue weighted by Crippen LogP contribution is -2.30. The minimum absolute atomic E-state index is 0.271. The Labute approximate surface area is 120 Å². The monoisotopic (exact) mass is 276 g/mol. The van der Waals surface area contributed by atoms with E-state index in [0.29, 0.717) is 18.3 Å². The van der Waals surface area contributed by atoms with Crippen LogP contribution in [0.4, 0.5) is 0 Å². The molecule has 3 unspecified atom stereocenters. The Hall–Kier alpha value is -1.39. The lowest BCUT2D eigenvalue weighted by molar-refractivity contribution is -0.00746. The van der Waals surface area contributed by atoms with Gasteiger partial charge in [-0.3, -0.25) is 10.2 Å². The van der Waals surface area contributed by atoms with E-state index in [1.54, 1.807) is 6.07 Å². The molecule has 20 heavy (non-hydrogen) atoms. The topological polar surface area (TPSA) is 64.3 Å². The van der Waals surface area contributed by atoms with Crippen molar-refractivity contribution in [3.05, 3.63) is 35.4 Å². The number of rotatable bonds is 4. The predicted molar refractivity (Wildman–Crippen MR) is 78.9 cm³/mol. The zero-order valence-corrected chi connectivity index (χ0v) is 12.3. The van der Waals surface area contributed by atoms with Gasteiger partial charge in [0.15, 0.2) is 0 Å². The molecule has 0 saturated heterocycles. The molecule has 0 heterocycles. The molecule has 4 heteroatoms. The van der Waals surface area contributed by atoms with Gasteiger partial charge in [0.25, 0.3) is 5.91 Å². The van der Waals surface area contributed by atoms with Crippen LogP contribution in [0, 0.1) is 11.8 Å². The Morgan fingerprint density at radius 1 is 1.35 bits per heavy atom. The summed E-state index contributed by atoms with van der Waals surface area (Å²) >= 11 is 0. The van der Waals surface area contributed by atoms with E-state index in [0.717, 1.165) is 30.2 Å². The van der Waals surface area contributed by atoms with Gasteiger partial charge in [-0.15, -0.1) is 0 Å². The highest BCUT2D eigenvalue weighted by Gasteiger charge is 2.24. The van der Waals surface area contributed by atoms with Crippen LogP contribution < -0.4 is 11.3 Å². The fourth-order valence-electron chi connectivity index (χ4n) is 2.75. The van der Waals surface area contributed by atoms with Crippen LogP contribution in [0.15, 0.2) is 24.3 Å². The van der Waals surface area contributed by atoms with Crippen LogP contribution in [-0.2, 0) is 11.3 Å². The minimum atomic E-state index is -0.271. The molecule has 1 aromatic rings. The first-order valence-electron chi connectivity index (χ1n) is 7.31. The number of nitrogen functional groups attached to an aromatic ring is 1. The van der Waals surface area contributed by atoms with Crippen molar-refractivity contribution in [1.29, 1.82) is 0 Å². The van der Waals surface area contributed by atoms with Gasteiger partial charge in [-0.25, -0.2) is 5.84 Å². The van der Waals surface area contributed by atoms with E-state index in [9.17, 15) is 4.79 Å². The van der Waals surface area contributed by atoms with Gasteiger partial charge in [0.1, 0.15) is 0 Å². The Bertz CT molecular complexity index is 462. The first-order chi connectivity index (χ1) is 9.60. The smallest absolute Gasteiger partial charge is 0.265 e. The summed E-state index contributed by atoms with van der Waals surface area (Å²) in [5.41, 5.74) is 3.73. The molecule has 4 nitrogen and oxygen atoms in total. The molecule has 1 fully saturated rings. The van der Waals surface area contributed by atoms with Gasteiger partial charge in [-0.05, 0) is 48.8 Å². The van der Waals surface area contributed by atoms with Gasteiger partial charge >= 0.3 is 0 Å². The third-order valence-electron chi connectivity index (χ3n) is 4.36. The molecule has 1 aromatic carbocycles. The lowest BCUT2D eigenvalue weighted by Gasteiger charge is -2.32. The van der Waals surface area contributed by atoms with Crippen LogP contribution in [0.1, 0.15) is 49.0 Å². The first kappa shape index (κ1) is 15.0. The average molecular weight is 276 g/mol. The molecule has 2 rings (SSSR count). The van der Waals surface area contributed by atoms with Crippen LogP contribution in [0.5, 0.6) is 0 Å². The quantitative estimate of drug-likeness (QED) is 0.505. The number of carbonyl (C=O) groups is 1. The van der Waals surface area contributed by atoms with Gasteiger partial charge in [0.05, 0.1) is 12.7 Å². The summed E-state index contributed by atoms with van der Waals surface area (Å²) in [5.74, 6) is 6.39. The molecule has 0 spiro atoms. The number of ether oxygens (including phenoxy) is 1. The standard InChI is InChI=1S/C16H24N2O2/c1-11-6-7-15(8-12(11)2)20-10-13-4-3-5-14(9-13)16(19)18-17/h3-5,9,11-12,15H,6-8,10,17H2,1-2H3,(H,18,19). The summed E-state index contributed by atoms with van der Waals surface area (Å²) in [4.78, 5) is 11.5. The van der Waals surface area contributed by atoms with Crippen molar-refractivity contribution in [2.24, 2.45) is 17.7 Å². The summed E-state index contributed by atoms with van der Waals surface area (Å²) in [6, 6.07) is 7.41. The van der Waals surface area contributed by atoms with Crippen molar-refractivity contribution >= 4 is 5.91 Å². The number of benzene rings is 1. The van der Waals surface area contributed by atoms with Crippen molar-refractivity contribution in [3.63, 3.8) is 0 Å². The largest absolute Gasteiger partial charge is 0.374 e. The van der Waals surface area contributed by atoms with E-state index in [2.05, 4.69) is 19.3 Å². The number of hydrogen-bond acceptors (Lipinski definition) is 3. The Balaban J connectivity index is 1.89. The van der Waals surface area contributed by atoms with E-state index >= 15 is 0 Å². The van der Waals surface area contributed by atoms with E-state index in [1.165, 1.54) is 6.42 Å². The fourth-order valence-corrected chi connectivity index (χ4v) is 2.75. The third kappa shape index (κ3) is 3.81. The molecule has 0 radical (unpaired) electrons. The first-order valence-corrected chi connectivity index (χ1v) is 7.31. The van der Waals surface area contributed by atoms with E-state index in [-0.39, 0.29) is 5.91 Å². The van der Waals surface area contributed by atoms with Crippen molar-refractivity contribution in [2.75, 3.05) is 0 Å². The van der Waals surface area contributed by atoms with Crippen LogP contribution in [-0.4, -0.2) is 12.0 Å². The Morgan fingerprint density at radius 2 is 2.15 bits per heavy atom. The van der Waals surface area contributed by atoms with Crippen molar-refractivity contribution in [3.8, 4) is 0 Å². The molecule has 1 aliphatic carbocycles. The second kappa shape index (κ2) is 6.86. The van der Waals surface area contributed by atoms with Gasteiger partial charge in [-0.1, -0.05) is 26.0 Å². The zero-order chi connectivity index (χ0) is 14.5. The molecular weight excluding hydrogens is 252 g/mol. The summed E-state index contributed by atoms with van der Waals surface area (Å²) in [7, 11) is 0. The zero-order valence-electron chi connectivity index (χ0n) is 12.3. The summed E-state index contributed by atoms with van der Waals surface area (Å²) in [6.07, 6.45) is 3.84. The van der Waals surface area contributed by atoms with Gasteiger partial charge in [0, 0.05) is 5.56 Å². The van der Waals surface area contributed by atoms with Crippen LogP contribution >= 0.6 is 0 Å². The number of amides is 1. The SMILES string of the molecule is CC1CCC(OCc2cccc(C(=O)NN)c2)CC1C. The average Bonchev–Trinajstić information content (AvgIpc) is 2.48. The highest BCUT2D eigenvalue weighted by molar-refractivity contribution is 5.93.